The predicted molar refractivity (Wildman–Crippen MR) is 153 cm³/mol. The van der Waals surface area contributed by atoms with E-state index in [2.05, 4.69) is 39.3 Å². The maximum absolute atomic E-state index is 14.5. The molecular formula is C26H31FN8O3S2. The van der Waals surface area contributed by atoms with Gasteiger partial charge in [-0.2, -0.15) is 9.05 Å². The highest BCUT2D eigenvalue weighted by molar-refractivity contribution is 7.98. The van der Waals surface area contributed by atoms with E-state index >= 15 is 0 Å². The van der Waals surface area contributed by atoms with E-state index in [0.717, 1.165) is 23.5 Å². The summed E-state index contributed by atoms with van der Waals surface area (Å²) in [5, 5.41) is 8.19. The number of halogens is 1. The number of carbonyl (C=O) groups is 1. The second-order valence-corrected chi connectivity index (χ2v) is 12.6. The van der Waals surface area contributed by atoms with E-state index in [4.69, 9.17) is 17.0 Å². The normalized spacial score (nSPS) is 16.0. The van der Waals surface area contributed by atoms with Gasteiger partial charge in [-0.25, -0.2) is 9.38 Å². The Hall–Kier alpha value is -3.70. The Labute approximate surface area is 239 Å². The second-order valence-electron chi connectivity index (χ2n) is 11.1. The van der Waals surface area contributed by atoms with Gasteiger partial charge in [0, 0.05) is 36.0 Å². The third kappa shape index (κ3) is 5.90. The summed E-state index contributed by atoms with van der Waals surface area (Å²) >= 11 is 2.53. The van der Waals surface area contributed by atoms with Crippen molar-refractivity contribution in [3.8, 4) is 18.1 Å². The van der Waals surface area contributed by atoms with Gasteiger partial charge in [0.15, 0.2) is 12.4 Å². The van der Waals surface area contributed by atoms with Crippen LogP contribution in [0.1, 0.15) is 46.1 Å². The van der Waals surface area contributed by atoms with Crippen LogP contribution >= 0.6 is 23.3 Å². The second kappa shape index (κ2) is 11.1. The molecular weight excluding hydrogens is 555 g/mol. The van der Waals surface area contributed by atoms with E-state index in [-0.39, 0.29) is 41.1 Å². The molecule has 0 saturated carbocycles. The Balaban J connectivity index is 0.000000224. The van der Waals surface area contributed by atoms with E-state index in [0.29, 0.717) is 27.1 Å². The molecule has 0 bridgehead atoms. The molecule has 3 aromatic rings. The summed E-state index contributed by atoms with van der Waals surface area (Å²) in [6.45, 7) is 10.8. The van der Waals surface area contributed by atoms with Crippen molar-refractivity contribution in [2.75, 3.05) is 30.1 Å². The summed E-state index contributed by atoms with van der Waals surface area (Å²) in [6, 6.07) is 2.76. The van der Waals surface area contributed by atoms with Crippen LogP contribution in [0, 0.1) is 23.6 Å². The number of ether oxygens (including phenoxy) is 1. The molecule has 0 unspecified atom stereocenters. The maximum Gasteiger partial charge on any atom is 0.295 e. The first-order valence-electron chi connectivity index (χ1n) is 12.4. The number of anilines is 1. The third-order valence-corrected chi connectivity index (χ3v) is 7.61. The van der Waals surface area contributed by atoms with Crippen molar-refractivity contribution < 1.29 is 13.9 Å². The smallest absolute Gasteiger partial charge is 0.295 e. The fraction of sp³-hybridized carbons (Fsp3) is 0.462. The summed E-state index contributed by atoms with van der Waals surface area (Å²) in [6.07, 6.45) is 8.01. The van der Waals surface area contributed by atoms with E-state index in [1.165, 1.54) is 40.3 Å². The molecule has 0 saturated heterocycles. The Kier molecular flexibility index (Phi) is 8.09. The molecule has 0 aliphatic carbocycles. The predicted octanol–water partition coefficient (Wildman–Crippen LogP) is 2.63. The summed E-state index contributed by atoms with van der Waals surface area (Å²) in [4.78, 5) is 30.3. The van der Waals surface area contributed by atoms with Crippen LogP contribution in [-0.2, 0) is 23.2 Å². The molecule has 14 heteroatoms. The van der Waals surface area contributed by atoms with Crippen molar-refractivity contribution >= 4 is 40.6 Å². The molecule has 2 aromatic heterocycles. The fourth-order valence-electron chi connectivity index (χ4n) is 4.24. The minimum Gasteiger partial charge on any atom is -0.481 e. The summed E-state index contributed by atoms with van der Waals surface area (Å²) in [7, 11) is 0. The number of thioether (sulfide) groups is 1. The lowest BCUT2D eigenvalue weighted by atomic mass is 9.92. The molecule has 1 aromatic carbocycles. The molecule has 0 atom stereocenters. The van der Waals surface area contributed by atoms with Crippen LogP contribution in [0.5, 0.6) is 5.75 Å². The molecule has 2 aliphatic rings. The highest BCUT2D eigenvalue weighted by atomic mass is 32.2. The molecule has 40 heavy (non-hydrogen) atoms. The number of nitrogen functional groups attached to an aromatic ring is 1. The number of hydrogen-bond donors (Lipinski definition) is 1. The van der Waals surface area contributed by atoms with E-state index in [1.54, 1.807) is 6.26 Å². The van der Waals surface area contributed by atoms with Gasteiger partial charge in [-0.15, -0.1) is 16.6 Å². The van der Waals surface area contributed by atoms with Crippen LogP contribution in [0.25, 0.3) is 0 Å². The Morgan fingerprint density at radius 1 is 1.30 bits per heavy atom. The number of hydrogen-bond acceptors (Lipinski definition) is 10. The Morgan fingerprint density at radius 2 is 2.02 bits per heavy atom. The molecule has 2 aliphatic heterocycles. The quantitative estimate of drug-likeness (QED) is 0.281. The topological polar surface area (TPSA) is 134 Å². The zero-order valence-corrected chi connectivity index (χ0v) is 24.8. The lowest BCUT2D eigenvalue weighted by Crippen LogP contribution is -2.39. The van der Waals surface area contributed by atoms with Gasteiger partial charge in [-0.05, 0) is 17.7 Å². The minimum atomic E-state index is -0.515. The number of rotatable bonds is 3. The molecule has 0 fully saturated rings. The van der Waals surface area contributed by atoms with E-state index < -0.39 is 5.82 Å². The van der Waals surface area contributed by atoms with Crippen molar-refractivity contribution in [2.24, 2.45) is 10.4 Å². The molecule has 1 amide bonds. The molecule has 0 radical (unpaired) electrons. The van der Waals surface area contributed by atoms with Crippen molar-refractivity contribution in [3.05, 3.63) is 44.6 Å². The fourth-order valence-corrected chi connectivity index (χ4v) is 5.40. The number of carbonyl (C=O) groups excluding carboxylic acids is 1. The average Bonchev–Trinajstić information content (AvgIpc) is 3.38. The van der Waals surface area contributed by atoms with Crippen LogP contribution in [0.2, 0.25) is 0 Å². The lowest BCUT2D eigenvalue weighted by molar-refractivity contribution is -0.121. The standard InChI is InChI=1S/C18H17FN4O2S.C8H14N4OS/c1-4-5-22-13-7-12(11(19)6-14(13)25-9-16(22)24)20-17-23-10-18(2,3)8-15(23)21-26-17;1-8(2,3)5-6(13)12(9)7(14-4)11-10-5/h1,6-7H,5,8-10H2,2-3H3;9H2,1-4H3. The first kappa shape index (κ1) is 29.3. The number of aromatic nitrogens is 5. The van der Waals surface area contributed by atoms with Crippen molar-refractivity contribution in [1.82, 2.24) is 23.8 Å². The summed E-state index contributed by atoms with van der Waals surface area (Å²) in [5.41, 5.74) is 0.453. The molecule has 4 heterocycles. The zero-order chi connectivity index (χ0) is 29.4. The lowest BCUT2D eigenvalue weighted by Gasteiger charge is -2.28. The van der Waals surface area contributed by atoms with Crippen LogP contribution in [0.4, 0.5) is 15.8 Å². The van der Waals surface area contributed by atoms with Gasteiger partial charge in [0.2, 0.25) is 9.96 Å². The number of nitrogens with zero attached hydrogens (tertiary/aromatic N) is 7. The van der Waals surface area contributed by atoms with E-state index in [1.807, 2.05) is 25.3 Å². The third-order valence-electron chi connectivity index (χ3n) is 6.19. The Morgan fingerprint density at radius 3 is 2.67 bits per heavy atom. The van der Waals surface area contributed by atoms with Gasteiger partial charge < -0.3 is 15.1 Å². The SMILES string of the molecule is C#CCN1C(=O)COc2cc(F)c(N=c3snc4n3CC(C)(C)C4)cc21.CSc1nnc(C(C)(C)C)c(=O)n1N. The number of fused-ring (bicyclic) bond motifs is 2. The first-order chi connectivity index (χ1) is 18.8. The van der Waals surface area contributed by atoms with Gasteiger partial charge >= 0.3 is 0 Å². The van der Waals surface area contributed by atoms with Crippen LogP contribution in [0.3, 0.4) is 0 Å². The monoisotopic (exact) mass is 586 g/mol. The van der Waals surface area contributed by atoms with Gasteiger partial charge in [-0.1, -0.05) is 52.3 Å². The van der Waals surface area contributed by atoms with Crippen molar-refractivity contribution in [2.45, 2.75) is 58.2 Å². The van der Waals surface area contributed by atoms with Crippen molar-refractivity contribution in [3.63, 3.8) is 0 Å². The molecule has 0 spiro atoms. The first-order valence-corrected chi connectivity index (χ1v) is 14.3. The molecule has 11 nitrogen and oxygen atoms in total. The van der Waals surface area contributed by atoms with E-state index in [9.17, 15) is 14.0 Å². The largest absolute Gasteiger partial charge is 0.481 e. The number of terminal acetylenes is 1. The van der Waals surface area contributed by atoms with Crippen LogP contribution in [-0.4, -0.2) is 49.1 Å². The Bertz CT molecular complexity index is 1630. The molecule has 5 rings (SSSR count). The number of benzene rings is 1. The average molecular weight is 587 g/mol. The molecule has 2 N–H and O–H groups in total. The van der Waals surface area contributed by atoms with Crippen LogP contribution in [0.15, 0.2) is 27.1 Å². The number of nitrogens with two attached hydrogens (primary N) is 1. The van der Waals surface area contributed by atoms with Crippen molar-refractivity contribution in [1.29, 1.82) is 0 Å². The highest BCUT2D eigenvalue weighted by Gasteiger charge is 2.31. The minimum absolute atomic E-state index is 0.0964. The van der Waals surface area contributed by atoms with Gasteiger partial charge in [0.05, 0.1) is 12.2 Å². The summed E-state index contributed by atoms with van der Waals surface area (Å²) < 4.78 is 27.4. The maximum atomic E-state index is 14.5. The summed E-state index contributed by atoms with van der Waals surface area (Å²) in [5.74, 6) is 8.49. The highest BCUT2D eigenvalue weighted by Crippen LogP contribution is 2.37. The molecule has 212 valence electrons. The van der Waals surface area contributed by atoms with Gasteiger partial charge in [-0.3, -0.25) is 14.5 Å². The zero-order valence-electron chi connectivity index (χ0n) is 23.2. The van der Waals surface area contributed by atoms with Gasteiger partial charge in [0.25, 0.3) is 11.5 Å². The van der Waals surface area contributed by atoms with Crippen LogP contribution < -0.4 is 25.8 Å². The number of amides is 1. The van der Waals surface area contributed by atoms with Gasteiger partial charge in [0.1, 0.15) is 23.0 Å².